The van der Waals surface area contributed by atoms with Gasteiger partial charge in [0.2, 0.25) is 5.91 Å². The Bertz CT molecular complexity index is 2090. The van der Waals surface area contributed by atoms with Crippen LogP contribution in [0.4, 0.5) is 8.78 Å². The van der Waals surface area contributed by atoms with Crippen LogP contribution in [0.1, 0.15) is 77.3 Å². The molecule has 0 spiro atoms. The summed E-state index contributed by atoms with van der Waals surface area (Å²) in [5.41, 5.74) is 8.26. The van der Waals surface area contributed by atoms with Crippen molar-refractivity contribution in [3.05, 3.63) is 77.1 Å². The number of carbonyl (C=O) groups excluding carboxylic acids is 3. The molecule has 0 saturated carbocycles. The molecule has 2 aromatic heterocycles. The maximum absolute atomic E-state index is 15.5. The maximum Gasteiger partial charge on any atom is 0.324 e. The molecule has 314 valence electrons. The van der Waals surface area contributed by atoms with Crippen LogP contribution >= 0.6 is 0 Å². The van der Waals surface area contributed by atoms with Crippen LogP contribution in [-0.2, 0) is 43.2 Å². The van der Waals surface area contributed by atoms with Gasteiger partial charge in [-0.05, 0) is 112 Å². The fourth-order valence-electron chi connectivity index (χ4n) is 8.20. The van der Waals surface area contributed by atoms with Crippen LogP contribution < -0.4 is 10.7 Å². The Balaban J connectivity index is 1.59. The van der Waals surface area contributed by atoms with Crippen molar-refractivity contribution in [2.24, 2.45) is 11.3 Å². The lowest BCUT2D eigenvalue weighted by Crippen LogP contribution is -2.51. The van der Waals surface area contributed by atoms with Crippen LogP contribution in [-0.4, -0.2) is 97.2 Å². The lowest BCUT2D eigenvalue weighted by atomic mass is 9.84. The Morgan fingerprint density at radius 2 is 1.86 bits per heavy atom. The SMILES string of the molecule is CCn1c(-c2cccnc2C(C)OC)c(CC(C)(C)COC(=O)[C@@H]2CCCN(C)N2)c2cc(-c3cc(F)c(F)c(CC(C=O)NC(=O)C(C(C)C)N(C)C)c3)ccc21. The van der Waals surface area contributed by atoms with Gasteiger partial charge in [-0.2, -0.15) is 0 Å². The number of esters is 1. The number of nitrogens with zero attached hydrogens (tertiary/aromatic N) is 4. The van der Waals surface area contributed by atoms with Crippen molar-refractivity contribution in [1.82, 2.24) is 30.2 Å². The van der Waals surface area contributed by atoms with Gasteiger partial charge in [0.25, 0.3) is 0 Å². The molecule has 4 aromatic rings. The van der Waals surface area contributed by atoms with Gasteiger partial charge < -0.3 is 24.2 Å². The number of nitrogens with one attached hydrogen (secondary N) is 2. The monoisotopic (exact) mass is 802 g/mol. The van der Waals surface area contributed by atoms with Gasteiger partial charge in [0.1, 0.15) is 12.3 Å². The molecule has 58 heavy (non-hydrogen) atoms. The van der Waals surface area contributed by atoms with E-state index in [-0.39, 0.29) is 42.5 Å². The molecule has 2 aromatic carbocycles. The lowest BCUT2D eigenvalue weighted by molar-refractivity contribution is -0.152. The van der Waals surface area contributed by atoms with Gasteiger partial charge in [0.15, 0.2) is 11.6 Å². The minimum Gasteiger partial charge on any atom is -0.464 e. The second-order valence-electron chi connectivity index (χ2n) is 16.9. The molecule has 5 rings (SSSR count). The third kappa shape index (κ3) is 9.99. The predicted octanol–water partition coefficient (Wildman–Crippen LogP) is 6.90. The number of carbonyl (C=O) groups is 3. The lowest BCUT2D eigenvalue weighted by Gasteiger charge is -2.31. The highest BCUT2D eigenvalue weighted by Gasteiger charge is 2.32. The van der Waals surface area contributed by atoms with E-state index in [1.807, 2.05) is 63.2 Å². The van der Waals surface area contributed by atoms with E-state index >= 15 is 8.78 Å². The van der Waals surface area contributed by atoms with E-state index < -0.39 is 35.2 Å². The van der Waals surface area contributed by atoms with Crippen molar-refractivity contribution in [1.29, 1.82) is 0 Å². The number of hydrogen-bond acceptors (Lipinski definition) is 9. The number of aromatic nitrogens is 2. The summed E-state index contributed by atoms with van der Waals surface area (Å²) in [7, 11) is 7.12. The van der Waals surface area contributed by atoms with Crippen molar-refractivity contribution < 1.29 is 32.6 Å². The van der Waals surface area contributed by atoms with E-state index in [4.69, 9.17) is 14.5 Å². The summed E-state index contributed by atoms with van der Waals surface area (Å²) in [6, 6.07) is 10.5. The first-order valence-electron chi connectivity index (χ1n) is 20.2. The van der Waals surface area contributed by atoms with Crippen molar-refractivity contribution in [3.63, 3.8) is 0 Å². The summed E-state index contributed by atoms with van der Waals surface area (Å²) < 4.78 is 44.9. The minimum atomic E-state index is -1.07. The molecule has 4 atom stereocenters. The summed E-state index contributed by atoms with van der Waals surface area (Å²) in [6.45, 7) is 13.6. The number of likely N-dealkylation sites (N-methyl/N-ethyl adjacent to an activating group) is 1. The van der Waals surface area contributed by atoms with E-state index in [1.54, 1.807) is 38.4 Å². The van der Waals surface area contributed by atoms with Crippen LogP contribution in [0, 0.1) is 23.0 Å². The molecule has 11 nitrogen and oxygen atoms in total. The number of methoxy groups -OCH3 is 1. The topological polar surface area (TPSA) is 118 Å². The molecule has 13 heteroatoms. The first kappa shape index (κ1) is 44.5. The number of halogens is 2. The number of benzene rings is 2. The highest BCUT2D eigenvalue weighted by Crippen LogP contribution is 2.42. The molecule has 0 aliphatic carbocycles. The quantitative estimate of drug-likeness (QED) is 0.0869. The number of ether oxygens (including phenoxy) is 2. The highest BCUT2D eigenvalue weighted by atomic mass is 19.2. The summed E-state index contributed by atoms with van der Waals surface area (Å²) in [6.07, 6.45) is 3.87. The second-order valence-corrected chi connectivity index (χ2v) is 16.9. The number of pyridine rings is 1. The maximum atomic E-state index is 15.5. The Morgan fingerprint density at radius 1 is 1.12 bits per heavy atom. The Labute approximate surface area is 341 Å². The summed E-state index contributed by atoms with van der Waals surface area (Å²) >= 11 is 0. The third-order valence-electron chi connectivity index (χ3n) is 11.0. The fraction of sp³-hybridized carbons (Fsp3) is 0.511. The third-order valence-corrected chi connectivity index (χ3v) is 11.0. The predicted molar refractivity (Wildman–Crippen MR) is 223 cm³/mol. The molecule has 1 saturated heterocycles. The Hall–Kier alpha value is -4.56. The molecule has 2 N–H and O–H groups in total. The smallest absolute Gasteiger partial charge is 0.324 e. The molecular formula is C45H60F2N6O5. The molecule has 1 fully saturated rings. The van der Waals surface area contributed by atoms with E-state index in [0.717, 1.165) is 52.4 Å². The van der Waals surface area contributed by atoms with Crippen molar-refractivity contribution in [2.45, 2.75) is 98.0 Å². The van der Waals surface area contributed by atoms with E-state index in [9.17, 15) is 14.4 Å². The zero-order valence-electron chi connectivity index (χ0n) is 35.6. The van der Waals surface area contributed by atoms with Gasteiger partial charge in [-0.1, -0.05) is 33.8 Å². The number of hydrazine groups is 1. The number of fused-ring (bicyclic) bond motifs is 1. The highest BCUT2D eigenvalue weighted by molar-refractivity contribution is 5.95. The van der Waals surface area contributed by atoms with Gasteiger partial charge >= 0.3 is 5.97 Å². The standard InChI is InChI=1S/C45H60F2N6O5/c1-11-53-38-17-16-29(30-20-31(39(47)36(46)23-30)21-32(25-54)49-43(55)41(27(2)3)51(7)8)22-34(38)35(42(53)33-14-12-18-48-40(33)28(4)57-10)24-45(5,6)26-58-44(56)37-15-13-19-52(9)50-37/h12,14,16-18,20,22-23,25,27-28,32,37,41,50H,11,13,15,19,21,24,26H2,1-10H3,(H,49,55)/t28?,32?,37-,41?/m0/s1. The van der Waals surface area contributed by atoms with Gasteiger partial charge in [-0.15, -0.1) is 0 Å². The molecule has 3 heterocycles. The zero-order valence-corrected chi connectivity index (χ0v) is 35.6. The zero-order chi connectivity index (χ0) is 42.5. The van der Waals surface area contributed by atoms with Crippen LogP contribution in [0.5, 0.6) is 0 Å². The second kappa shape index (κ2) is 19.0. The molecule has 0 radical (unpaired) electrons. The van der Waals surface area contributed by atoms with E-state index in [0.29, 0.717) is 36.8 Å². The van der Waals surface area contributed by atoms with E-state index in [1.165, 1.54) is 0 Å². The number of amides is 1. The molecule has 0 bridgehead atoms. The van der Waals surface area contributed by atoms with Crippen molar-refractivity contribution >= 4 is 29.1 Å². The molecule has 1 aliphatic heterocycles. The largest absolute Gasteiger partial charge is 0.464 e. The molecule has 1 amide bonds. The molecule has 1 aliphatic rings. The average molecular weight is 803 g/mol. The Morgan fingerprint density at radius 3 is 2.50 bits per heavy atom. The van der Waals surface area contributed by atoms with Gasteiger partial charge in [-0.25, -0.2) is 19.2 Å². The van der Waals surface area contributed by atoms with Gasteiger partial charge in [-0.3, -0.25) is 19.5 Å². The van der Waals surface area contributed by atoms with Crippen LogP contribution in [0.15, 0.2) is 48.7 Å². The minimum absolute atomic E-state index is 0.0272. The fourth-order valence-corrected chi connectivity index (χ4v) is 8.20. The average Bonchev–Trinajstić information content (AvgIpc) is 3.48. The first-order chi connectivity index (χ1) is 27.5. The van der Waals surface area contributed by atoms with Crippen LogP contribution in [0.25, 0.3) is 33.3 Å². The number of aldehydes is 1. The number of hydrogen-bond donors (Lipinski definition) is 2. The summed E-state index contributed by atoms with van der Waals surface area (Å²) in [4.78, 5) is 45.1. The van der Waals surface area contributed by atoms with Crippen LogP contribution in [0.3, 0.4) is 0 Å². The van der Waals surface area contributed by atoms with Gasteiger partial charge in [0.05, 0.1) is 36.2 Å². The summed E-state index contributed by atoms with van der Waals surface area (Å²) in [5, 5.41) is 5.55. The van der Waals surface area contributed by atoms with Crippen molar-refractivity contribution in [3.8, 4) is 22.4 Å². The molecule has 3 unspecified atom stereocenters. The number of aryl methyl sites for hydroxylation is 1. The van der Waals surface area contributed by atoms with Crippen molar-refractivity contribution in [2.75, 3.05) is 41.4 Å². The first-order valence-corrected chi connectivity index (χ1v) is 20.2. The van der Waals surface area contributed by atoms with Crippen LogP contribution in [0.2, 0.25) is 0 Å². The summed E-state index contributed by atoms with van der Waals surface area (Å²) in [5.74, 6) is -2.82. The van der Waals surface area contributed by atoms with E-state index in [2.05, 4.69) is 36.1 Å². The number of rotatable bonds is 17. The Kier molecular flexibility index (Phi) is 14.6. The normalized spacial score (nSPS) is 16.8. The van der Waals surface area contributed by atoms with Gasteiger partial charge in [0, 0.05) is 61.7 Å². The molecular weight excluding hydrogens is 743 g/mol.